The van der Waals surface area contributed by atoms with E-state index in [2.05, 4.69) is 19.2 Å². The number of likely N-dealkylation sites (tertiary alicyclic amines) is 1. The SMILES string of the molecule is CC1(C)CN(C(=O)[C@@H]2CCNC2)C[C@H]1CO. The van der Waals surface area contributed by atoms with Crippen molar-refractivity contribution in [2.45, 2.75) is 20.3 Å². The maximum atomic E-state index is 12.2. The second-order valence-electron chi connectivity index (χ2n) is 5.78. The molecule has 0 aromatic rings. The fourth-order valence-electron chi connectivity index (χ4n) is 2.80. The second-order valence-corrected chi connectivity index (χ2v) is 5.78. The molecule has 4 nitrogen and oxygen atoms in total. The van der Waals surface area contributed by atoms with Crippen LogP contribution in [-0.2, 0) is 4.79 Å². The van der Waals surface area contributed by atoms with Crippen LogP contribution in [0.5, 0.6) is 0 Å². The molecule has 2 heterocycles. The van der Waals surface area contributed by atoms with Crippen molar-refractivity contribution < 1.29 is 9.90 Å². The highest BCUT2D eigenvalue weighted by atomic mass is 16.3. The zero-order valence-corrected chi connectivity index (χ0v) is 10.2. The van der Waals surface area contributed by atoms with Gasteiger partial charge in [-0.2, -0.15) is 0 Å². The number of aliphatic hydroxyl groups is 1. The molecule has 1 amide bonds. The molecule has 0 spiro atoms. The Morgan fingerprint density at radius 1 is 1.56 bits per heavy atom. The smallest absolute Gasteiger partial charge is 0.227 e. The maximum Gasteiger partial charge on any atom is 0.227 e. The summed E-state index contributed by atoms with van der Waals surface area (Å²) in [7, 11) is 0. The standard InChI is InChI=1S/C12H22N2O2/c1-12(2)8-14(6-10(12)7-15)11(16)9-3-4-13-5-9/h9-10,13,15H,3-8H2,1-2H3/t9-,10+/m1/s1. The summed E-state index contributed by atoms with van der Waals surface area (Å²) in [6, 6.07) is 0. The Morgan fingerprint density at radius 3 is 2.81 bits per heavy atom. The number of carbonyl (C=O) groups is 1. The van der Waals surface area contributed by atoms with Gasteiger partial charge in [0.1, 0.15) is 0 Å². The van der Waals surface area contributed by atoms with Gasteiger partial charge in [0.15, 0.2) is 0 Å². The zero-order valence-electron chi connectivity index (χ0n) is 10.2. The van der Waals surface area contributed by atoms with Gasteiger partial charge in [-0.25, -0.2) is 0 Å². The van der Waals surface area contributed by atoms with Crippen molar-refractivity contribution in [3.8, 4) is 0 Å². The molecule has 2 saturated heterocycles. The Kier molecular flexibility index (Phi) is 3.22. The summed E-state index contributed by atoms with van der Waals surface area (Å²) in [6.45, 7) is 7.73. The van der Waals surface area contributed by atoms with Crippen molar-refractivity contribution in [3.63, 3.8) is 0 Å². The van der Waals surface area contributed by atoms with Crippen LogP contribution in [0, 0.1) is 17.3 Å². The third-order valence-corrected chi connectivity index (χ3v) is 4.09. The Balaban J connectivity index is 1.99. The molecule has 16 heavy (non-hydrogen) atoms. The van der Waals surface area contributed by atoms with E-state index < -0.39 is 0 Å². The third kappa shape index (κ3) is 2.09. The lowest BCUT2D eigenvalue weighted by atomic mass is 9.83. The van der Waals surface area contributed by atoms with Gasteiger partial charge >= 0.3 is 0 Å². The van der Waals surface area contributed by atoms with Crippen molar-refractivity contribution in [2.75, 3.05) is 32.8 Å². The van der Waals surface area contributed by atoms with Gasteiger partial charge in [0.25, 0.3) is 0 Å². The van der Waals surface area contributed by atoms with Crippen LogP contribution in [0.4, 0.5) is 0 Å². The topological polar surface area (TPSA) is 52.6 Å². The summed E-state index contributed by atoms with van der Waals surface area (Å²) >= 11 is 0. The zero-order chi connectivity index (χ0) is 11.8. The molecular weight excluding hydrogens is 204 g/mol. The van der Waals surface area contributed by atoms with Gasteiger partial charge in [-0.05, 0) is 18.4 Å². The fraction of sp³-hybridized carbons (Fsp3) is 0.917. The molecule has 0 aromatic carbocycles. The number of hydrogen-bond acceptors (Lipinski definition) is 3. The number of rotatable bonds is 2. The number of nitrogens with one attached hydrogen (secondary N) is 1. The van der Waals surface area contributed by atoms with Gasteiger partial charge in [0.05, 0.1) is 5.92 Å². The Hall–Kier alpha value is -0.610. The first-order chi connectivity index (χ1) is 7.54. The number of amides is 1. The van der Waals surface area contributed by atoms with Crippen LogP contribution < -0.4 is 5.32 Å². The quantitative estimate of drug-likeness (QED) is 0.701. The van der Waals surface area contributed by atoms with E-state index in [1.165, 1.54) is 0 Å². The van der Waals surface area contributed by atoms with Crippen molar-refractivity contribution in [2.24, 2.45) is 17.3 Å². The molecule has 2 aliphatic heterocycles. The van der Waals surface area contributed by atoms with Crippen LogP contribution in [0.25, 0.3) is 0 Å². The average Bonchev–Trinajstić information content (AvgIpc) is 2.83. The first kappa shape index (κ1) is 11.9. The molecule has 2 aliphatic rings. The first-order valence-corrected chi connectivity index (χ1v) is 6.15. The van der Waals surface area contributed by atoms with Crippen molar-refractivity contribution in [1.29, 1.82) is 0 Å². The molecule has 0 unspecified atom stereocenters. The Labute approximate surface area is 97.0 Å². The van der Waals surface area contributed by atoms with Crippen LogP contribution in [-0.4, -0.2) is 48.7 Å². The van der Waals surface area contributed by atoms with Crippen LogP contribution in [0.3, 0.4) is 0 Å². The number of nitrogens with zero attached hydrogens (tertiary/aromatic N) is 1. The lowest BCUT2D eigenvalue weighted by Crippen LogP contribution is -2.36. The monoisotopic (exact) mass is 226 g/mol. The highest BCUT2D eigenvalue weighted by Gasteiger charge is 2.42. The largest absolute Gasteiger partial charge is 0.396 e. The minimum absolute atomic E-state index is 0.0520. The lowest BCUT2D eigenvalue weighted by molar-refractivity contribution is -0.134. The van der Waals surface area contributed by atoms with Gasteiger partial charge in [0.2, 0.25) is 5.91 Å². The molecule has 0 bridgehead atoms. The van der Waals surface area contributed by atoms with Crippen LogP contribution in [0.1, 0.15) is 20.3 Å². The highest BCUT2D eigenvalue weighted by Crippen LogP contribution is 2.35. The van der Waals surface area contributed by atoms with E-state index in [4.69, 9.17) is 0 Å². The van der Waals surface area contributed by atoms with E-state index in [1.807, 2.05) is 4.90 Å². The van der Waals surface area contributed by atoms with Gasteiger partial charge in [-0.3, -0.25) is 4.79 Å². The lowest BCUT2D eigenvalue weighted by Gasteiger charge is -2.23. The summed E-state index contributed by atoms with van der Waals surface area (Å²) in [6.07, 6.45) is 0.958. The minimum Gasteiger partial charge on any atom is -0.396 e. The molecule has 0 aromatic heterocycles. The number of carbonyl (C=O) groups excluding carboxylic acids is 1. The molecular formula is C12H22N2O2. The van der Waals surface area contributed by atoms with Crippen molar-refractivity contribution >= 4 is 5.91 Å². The van der Waals surface area contributed by atoms with E-state index in [0.717, 1.165) is 32.6 Å². The summed E-state index contributed by atoms with van der Waals surface area (Å²) in [4.78, 5) is 14.1. The first-order valence-electron chi connectivity index (χ1n) is 6.15. The van der Waals surface area contributed by atoms with E-state index in [0.29, 0.717) is 0 Å². The minimum atomic E-state index is 0.0520. The molecule has 0 radical (unpaired) electrons. The average molecular weight is 226 g/mol. The predicted octanol–water partition coefficient (Wildman–Crippen LogP) is 0.0728. The van der Waals surface area contributed by atoms with Gasteiger partial charge < -0.3 is 15.3 Å². The Morgan fingerprint density at radius 2 is 2.31 bits per heavy atom. The number of hydrogen-bond donors (Lipinski definition) is 2. The normalized spacial score (nSPS) is 33.3. The van der Waals surface area contributed by atoms with Crippen LogP contribution >= 0.6 is 0 Å². The summed E-state index contributed by atoms with van der Waals surface area (Å²) in [5.74, 6) is 0.660. The predicted molar refractivity (Wildman–Crippen MR) is 61.9 cm³/mol. The Bertz CT molecular complexity index is 272. The molecule has 2 fully saturated rings. The van der Waals surface area contributed by atoms with Crippen molar-refractivity contribution in [3.05, 3.63) is 0 Å². The summed E-state index contributed by atoms with van der Waals surface area (Å²) in [5, 5.41) is 12.5. The van der Waals surface area contributed by atoms with Crippen LogP contribution in [0.15, 0.2) is 0 Å². The second kappa shape index (κ2) is 4.34. The number of aliphatic hydroxyl groups excluding tert-OH is 1. The molecule has 92 valence electrons. The maximum absolute atomic E-state index is 12.2. The van der Waals surface area contributed by atoms with Crippen molar-refractivity contribution in [1.82, 2.24) is 10.2 Å². The van der Waals surface area contributed by atoms with Gasteiger partial charge in [-0.15, -0.1) is 0 Å². The van der Waals surface area contributed by atoms with Gasteiger partial charge in [-0.1, -0.05) is 13.8 Å². The van der Waals surface area contributed by atoms with E-state index in [-0.39, 0.29) is 29.8 Å². The van der Waals surface area contributed by atoms with E-state index in [1.54, 1.807) is 0 Å². The van der Waals surface area contributed by atoms with E-state index in [9.17, 15) is 9.90 Å². The van der Waals surface area contributed by atoms with Gasteiger partial charge in [0, 0.05) is 32.2 Å². The van der Waals surface area contributed by atoms with E-state index >= 15 is 0 Å². The molecule has 0 saturated carbocycles. The summed E-state index contributed by atoms with van der Waals surface area (Å²) < 4.78 is 0. The molecule has 2 rings (SSSR count). The molecule has 2 N–H and O–H groups in total. The molecule has 0 aliphatic carbocycles. The highest BCUT2D eigenvalue weighted by molar-refractivity contribution is 5.79. The van der Waals surface area contributed by atoms with Crippen LogP contribution in [0.2, 0.25) is 0 Å². The molecule has 2 atom stereocenters. The molecule has 4 heteroatoms. The fourth-order valence-corrected chi connectivity index (χ4v) is 2.80. The third-order valence-electron chi connectivity index (χ3n) is 4.09. The summed E-state index contributed by atoms with van der Waals surface area (Å²) in [5.41, 5.74) is 0.0520.